The Labute approximate surface area is 405 Å². The molecule has 0 fully saturated rings. The van der Waals surface area contributed by atoms with Crippen molar-refractivity contribution >= 4 is 64.1 Å². The first-order chi connectivity index (χ1) is 33.2. The van der Waals surface area contributed by atoms with Crippen LogP contribution in [0.5, 0.6) is 0 Å². The first kappa shape index (κ1) is 55.0. The Morgan fingerprint density at radius 2 is 1.24 bits per heavy atom. The van der Waals surface area contributed by atoms with Crippen molar-refractivity contribution in [1.29, 1.82) is 0 Å². The summed E-state index contributed by atoms with van der Waals surface area (Å²) in [6.45, 7) is 9.66. The lowest BCUT2D eigenvalue weighted by Gasteiger charge is -2.26. The Morgan fingerprint density at radius 1 is 0.657 bits per heavy atom. The number of hydrogen-bond acceptors (Lipinski definition) is 12. The van der Waals surface area contributed by atoms with Crippen LogP contribution >= 0.6 is 0 Å². The largest absolute Gasteiger partial charge is 0.370 e. The van der Waals surface area contributed by atoms with Gasteiger partial charge < -0.3 is 69.0 Å². The number of primary amides is 1. The third-order valence-electron chi connectivity index (χ3n) is 11.1. The van der Waals surface area contributed by atoms with Crippen molar-refractivity contribution in [3.05, 3.63) is 72.5 Å². The van der Waals surface area contributed by atoms with E-state index in [-0.39, 0.29) is 50.5 Å². The Morgan fingerprint density at radius 3 is 1.83 bits per heavy atom. The second kappa shape index (κ2) is 26.8. The lowest BCUT2D eigenvalue weighted by atomic mass is 10.0. The Bertz CT molecular complexity index is 2400. The van der Waals surface area contributed by atoms with Gasteiger partial charge in [0.1, 0.15) is 30.2 Å². The number of para-hydroxylation sites is 1. The summed E-state index contributed by atoms with van der Waals surface area (Å²) in [7, 11) is 0. The van der Waals surface area contributed by atoms with Crippen molar-refractivity contribution in [2.24, 2.45) is 23.3 Å². The lowest BCUT2D eigenvalue weighted by Crippen LogP contribution is -2.59. The van der Waals surface area contributed by atoms with Gasteiger partial charge in [-0.25, -0.2) is 9.97 Å². The highest BCUT2D eigenvalue weighted by molar-refractivity contribution is 5.97. The van der Waals surface area contributed by atoms with Crippen molar-refractivity contribution in [2.45, 2.75) is 122 Å². The zero-order chi connectivity index (χ0) is 51.5. The number of amides is 9. The molecule has 1 aromatic carbocycles. The van der Waals surface area contributed by atoms with Gasteiger partial charge in [-0.1, -0.05) is 45.9 Å². The number of carbonyl (C=O) groups excluding carboxylic acids is 9. The van der Waals surface area contributed by atoms with Gasteiger partial charge in [-0.15, -0.1) is 0 Å². The quantitative estimate of drug-likeness (QED) is 0.0298. The van der Waals surface area contributed by atoms with Crippen molar-refractivity contribution in [2.75, 3.05) is 13.1 Å². The average molecular weight is 974 g/mol. The van der Waals surface area contributed by atoms with Gasteiger partial charge in [0.2, 0.25) is 53.2 Å². The maximum atomic E-state index is 14.1. The summed E-state index contributed by atoms with van der Waals surface area (Å²) in [5.74, 6) is -6.22. The molecule has 0 aliphatic carbocycles. The van der Waals surface area contributed by atoms with E-state index < -0.39 is 102 Å². The fourth-order valence-electron chi connectivity index (χ4n) is 7.41. The molecule has 0 aliphatic rings. The highest BCUT2D eigenvalue weighted by Crippen LogP contribution is 2.20. The normalized spacial score (nSPS) is 14.2. The number of aromatic nitrogens is 5. The number of imidazole rings is 2. The number of aromatic amines is 3. The van der Waals surface area contributed by atoms with Crippen LogP contribution in [0.25, 0.3) is 10.9 Å². The number of hydrogen-bond donors (Lipinski definition) is 13. The molecular weight excluding hydrogens is 907 g/mol. The van der Waals surface area contributed by atoms with Crippen LogP contribution in [0.2, 0.25) is 0 Å². The molecule has 7 atom stereocenters. The zero-order valence-electron chi connectivity index (χ0n) is 40.3. The molecule has 24 heteroatoms. The summed E-state index contributed by atoms with van der Waals surface area (Å²) in [6, 6.07) is -0.421. The van der Waals surface area contributed by atoms with Gasteiger partial charge in [0.15, 0.2) is 0 Å². The van der Waals surface area contributed by atoms with Crippen molar-refractivity contribution in [1.82, 2.24) is 67.5 Å². The van der Waals surface area contributed by atoms with E-state index in [1.54, 1.807) is 20.0 Å². The fourth-order valence-corrected chi connectivity index (χ4v) is 7.41. The van der Waals surface area contributed by atoms with Crippen LogP contribution in [0.4, 0.5) is 0 Å². The predicted octanol–water partition coefficient (Wildman–Crippen LogP) is -1.88. The van der Waals surface area contributed by atoms with Gasteiger partial charge in [0.25, 0.3) is 0 Å². The second-order valence-electron chi connectivity index (χ2n) is 17.9. The molecule has 4 rings (SSSR count). The number of nitrogens with one attached hydrogen (secondary N) is 11. The number of H-pyrrole nitrogens is 3. The monoisotopic (exact) mass is 974 g/mol. The first-order valence-corrected chi connectivity index (χ1v) is 23.1. The van der Waals surface area contributed by atoms with E-state index in [0.29, 0.717) is 23.4 Å². The summed E-state index contributed by atoms with van der Waals surface area (Å²) in [5.41, 5.74) is 13.7. The maximum Gasteiger partial charge on any atom is 0.243 e. The molecule has 0 spiro atoms. The molecular formula is C46H67N15O9. The molecule has 3 heterocycles. The van der Waals surface area contributed by atoms with E-state index in [4.69, 9.17) is 11.5 Å². The Kier molecular flexibility index (Phi) is 21.0. The van der Waals surface area contributed by atoms with Crippen LogP contribution in [0, 0.1) is 11.8 Å². The van der Waals surface area contributed by atoms with E-state index in [1.165, 1.54) is 38.9 Å². The zero-order valence-corrected chi connectivity index (χ0v) is 40.3. The number of benzene rings is 1. The number of rotatable bonds is 28. The lowest BCUT2D eigenvalue weighted by molar-refractivity contribution is -0.135. The average Bonchev–Trinajstić information content (AvgIpc) is 4.11. The van der Waals surface area contributed by atoms with Gasteiger partial charge in [-0.2, -0.15) is 0 Å². The van der Waals surface area contributed by atoms with Gasteiger partial charge in [-0.3, -0.25) is 43.2 Å². The SMILES string of the molecule is CC(=O)NC[C@H](CC(C)C)NC(=O)[C@H](Cc1cnc[nH]1)NC(=O)CNC(=O)[C@@H](NC(=O)[C@H](C)NC(=O)[C@H](Cc1c[nH]c2ccccc12)NC(=O)[C@H](Cc1cnc[nH]1)NC(=O)[C@@H](N)CCC(N)=O)C(C)C. The van der Waals surface area contributed by atoms with Gasteiger partial charge >= 0.3 is 0 Å². The highest BCUT2D eigenvalue weighted by atomic mass is 16.2. The molecule has 24 nitrogen and oxygen atoms in total. The molecule has 0 unspecified atom stereocenters. The molecule has 0 saturated carbocycles. The van der Waals surface area contributed by atoms with Crippen LogP contribution in [0.15, 0.2) is 55.5 Å². The third kappa shape index (κ3) is 17.8. The minimum atomic E-state index is -1.31. The van der Waals surface area contributed by atoms with Gasteiger partial charge in [0.05, 0.1) is 25.2 Å². The fraction of sp³-hybridized carbons (Fsp3) is 0.500. The predicted molar refractivity (Wildman–Crippen MR) is 256 cm³/mol. The van der Waals surface area contributed by atoms with E-state index in [2.05, 4.69) is 67.5 Å². The highest BCUT2D eigenvalue weighted by Gasteiger charge is 2.33. The minimum Gasteiger partial charge on any atom is -0.370 e. The molecule has 0 bridgehead atoms. The molecule has 0 radical (unpaired) electrons. The summed E-state index contributed by atoms with van der Waals surface area (Å²) in [4.78, 5) is 135. The minimum absolute atomic E-state index is 0.0391. The van der Waals surface area contributed by atoms with E-state index >= 15 is 0 Å². The summed E-state index contributed by atoms with van der Waals surface area (Å²) >= 11 is 0. The molecule has 4 aromatic rings. The standard InChI is InChI=1S/C46H67N15O9/c1-24(2)13-31(20-51-27(6)62)57-44(68)36(15-29-18-49-22-54-29)58-39(64)21-53-46(70)40(25(3)4)61-41(65)26(5)56-43(67)35(14-28-17-52-34-10-8-7-9-32(28)34)60-45(69)37(16-30-19-50-23-55-30)59-42(66)33(47)11-12-38(48)63/h7-10,17-19,22-26,31,33,35-37,40,52H,11-16,20-21,47H2,1-6H3,(H2,48,63)(H,49,54)(H,50,55)(H,51,62)(H,53,70)(H,56,67)(H,57,68)(H,58,64)(H,59,66)(H,60,69)(H,61,65)/t26-,31-,33-,35-,36-,37-,40-/m0/s1. The van der Waals surface area contributed by atoms with Crippen molar-refractivity contribution < 1.29 is 43.2 Å². The number of nitrogens with zero attached hydrogens (tertiary/aromatic N) is 2. The Hall–Kier alpha value is -7.63. The summed E-state index contributed by atoms with van der Waals surface area (Å²) in [5, 5.41) is 22.2. The van der Waals surface area contributed by atoms with Crippen LogP contribution < -0.4 is 54.0 Å². The molecule has 9 amide bonds. The van der Waals surface area contributed by atoms with E-state index in [0.717, 1.165) is 10.9 Å². The molecule has 70 heavy (non-hydrogen) atoms. The third-order valence-corrected chi connectivity index (χ3v) is 11.1. The van der Waals surface area contributed by atoms with Crippen LogP contribution in [-0.2, 0) is 62.4 Å². The first-order valence-electron chi connectivity index (χ1n) is 23.1. The van der Waals surface area contributed by atoms with E-state index in [9.17, 15) is 43.2 Å². The van der Waals surface area contributed by atoms with Gasteiger partial charge in [-0.05, 0) is 43.2 Å². The molecule has 3 aromatic heterocycles. The summed E-state index contributed by atoms with van der Waals surface area (Å²) in [6.07, 6.45) is 7.69. The molecule has 0 saturated heterocycles. The van der Waals surface area contributed by atoms with Crippen LogP contribution in [-0.4, -0.2) is 133 Å². The van der Waals surface area contributed by atoms with Crippen LogP contribution in [0.1, 0.15) is 77.8 Å². The summed E-state index contributed by atoms with van der Waals surface area (Å²) < 4.78 is 0. The number of carbonyl (C=O) groups is 9. The molecule has 380 valence electrons. The smallest absolute Gasteiger partial charge is 0.243 e. The van der Waals surface area contributed by atoms with Crippen molar-refractivity contribution in [3.63, 3.8) is 0 Å². The maximum absolute atomic E-state index is 14.1. The molecule has 15 N–H and O–H groups in total. The molecule has 0 aliphatic heterocycles. The number of fused-ring (bicyclic) bond motifs is 1. The van der Waals surface area contributed by atoms with Gasteiger partial charge in [0, 0.05) is 86.1 Å². The van der Waals surface area contributed by atoms with Crippen molar-refractivity contribution in [3.8, 4) is 0 Å². The van der Waals surface area contributed by atoms with E-state index in [1.807, 2.05) is 38.1 Å². The second-order valence-corrected chi connectivity index (χ2v) is 17.9. The Balaban J connectivity index is 1.44. The van der Waals surface area contributed by atoms with Crippen LogP contribution in [0.3, 0.4) is 0 Å². The topological polar surface area (TPSA) is 375 Å². The number of nitrogens with two attached hydrogens (primary N) is 2.